The molecule has 1 aromatic heterocycles. The van der Waals surface area contributed by atoms with Crippen LogP contribution in [0, 0.1) is 0 Å². The van der Waals surface area contributed by atoms with Crippen LogP contribution in [0.25, 0.3) is 10.1 Å². The molecule has 1 fully saturated rings. The topological polar surface area (TPSA) is 64.3 Å². The second kappa shape index (κ2) is 5.16. The number of ether oxygens (including phenoxy) is 1. The lowest BCUT2D eigenvalue weighted by Crippen LogP contribution is -2.50. The van der Waals surface area contributed by atoms with Crippen molar-refractivity contribution >= 4 is 44.6 Å². The van der Waals surface area contributed by atoms with E-state index >= 15 is 0 Å². The standard InChI is InChI=1S/C15H17ClN2O2S/c1-8-15(2,6-7-20-8)18-14(19)13-12(17)11-9(16)4-3-5-10(11)21-13/h3-5,8H,6-7,17H2,1-2H3,(H,18,19). The van der Waals surface area contributed by atoms with Crippen molar-refractivity contribution in [1.29, 1.82) is 0 Å². The largest absolute Gasteiger partial charge is 0.397 e. The van der Waals surface area contributed by atoms with Gasteiger partial charge in [-0.05, 0) is 32.4 Å². The van der Waals surface area contributed by atoms with Crippen LogP contribution in [-0.4, -0.2) is 24.2 Å². The molecular weight excluding hydrogens is 308 g/mol. The summed E-state index contributed by atoms with van der Waals surface area (Å²) in [6, 6.07) is 5.56. The number of amides is 1. The van der Waals surface area contributed by atoms with E-state index in [1.54, 1.807) is 6.07 Å². The minimum atomic E-state index is -0.358. The molecule has 4 nitrogen and oxygen atoms in total. The number of thiophene rings is 1. The maximum absolute atomic E-state index is 12.6. The summed E-state index contributed by atoms with van der Waals surface area (Å²) in [6.45, 7) is 4.63. The van der Waals surface area contributed by atoms with Crippen LogP contribution in [0.3, 0.4) is 0 Å². The molecule has 1 saturated heterocycles. The van der Waals surface area contributed by atoms with Crippen LogP contribution in [-0.2, 0) is 4.74 Å². The van der Waals surface area contributed by atoms with E-state index in [9.17, 15) is 4.79 Å². The van der Waals surface area contributed by atoms with E-state index in [-0.39, 0.29) is 17.6 Å². The van der Waals surface area contributed by atoms with Gasteiger partial charge in [0, 0.05) is 16.7 Å². The molecule has 0 aliphatic carbocycles. The number of benzene rings is 1. The molecule has 0 saturated carbocycles. The van der Waals surface area contributed by atoms with Crippen molar-refractivity contribution < 1.29 is 9.53 Å². The minimum absolute atomic E-state index is 0.0133. The van der Waals surface area contributed by atoms with E-state index < -0.39 is 0 Å². The van der Waals surface area contributed by atoms with Crippen LogP contribution in [0.2, 0.25) is 5.02 Å². The average molecular weight is 325 g/mol. The Morgan fingerprint density at radius 1 is 1.57 bits per heavy atom. The van der Waals surface area contributed by atoms with Crippen molar-refractivity contribution in [1.82, 2.24) is 5.32 Å². The smallest absolute Gasteiger partial charge is 0.264 e. The maximum Gasteiger partial charge on any atom is 0.264 e. The van der Waals surface area contributed by atoms with Crippen LogP contribution in [0.5, 0.6) is 0 Å². The second-order valence-corrected chi connectivity index (χ2v) is 7.05. The molecule has 6 heteroatoms. The van der Waals surface area contributed by atoms with Crippen molar-refractivity contribution in [3.05, 3.63) is 28.1 Å². The molecule has 0 spiro atoms. The van der Waals surface area contributed by atoms with Gasteiger partial charge in [0.05, 0.1) is 22.4 Å². The van der Waals surface area contributed by atoms with Gasteiger partial charge in [-0.25, -0.2) is 0 Å². The van der Waals surface area contributed by atoms with Crippen molar-refractivity contribution in [3.63, 3.8) is 0 Å². The third-order valence-corrected chi connectivity index (χ3v) is 5.68. The summed E-state index contributed by atoms with van der Waals surface area (Å²) in [4.78, 5) is 13.1. The molecule has 112 valence electrons. The number of carbonyl (C=O) groups is 1. The molecule has 0 bridgehead atoms. The number of halogens is 1. The Morgan fingerprint density at radius 2 is 2.33 bits per heavy atom. The molecule has 1 aromatic carbocycles. The van der Waals surface area contributed by atoms with Gasteiger partial charge in [-0.2, -0.15) is 0 Å². The molecular formula is C15H17ClN2O2S. The number of nitrogen functional groups attached to an aromatic ring is 1. The lowest BCUT2D eigenvalue weighted by Gasteiger charge is -2.28. The number of hydrogen-bond donors (Lipinski definition) is 2. The second-order valence-electron chi connectivity index (χ2n) is 5.59. The fourth-order valence-corrected chi connectivity index (χ4v) is 3.99. The van der Waals surface area contributed by atoms with Gasteiger partial charge >= 0.3 is 0 Å². The number of hydrogen-bond acceptors (Lipinski definition) is 4. The quantitative estimate of drug-likeness (QED) is 0.889. The number of nitrogens with two attached hydrogens (primary N) is 1. The third-order valence-electron chi connectivity index (χ3n) is 4.19. The van der Waals surface area contributed by atoms with Gasteiger partial charge < -0.3 is 15.8 Å². The summed E-state index contributed by atoms with van der Waals surface area (Å²) < 4.78 is 6.47. The van der Waals surface area contributed by atoms with E-state index in [4.69, 9.17) is 22.1 Å². The Labute approximate surface area is 132 Å². The molecule has 1 amide bonds. The monoisotopic (exact) mass is 324 g/mol. The molecule has 2 heterocycles. The molecule has 3 N–H and O–H groups in total. The molecule has 2 atom stereocenters. The molecule has 1 aliphatic heterocycles. The van der Waals surface area contributed by atoms with Gasteiger partial charge in [0.1, 0.15) is 4.88 Å². The Kier molecular flexibility index (Phi) is 3.59. The van der Waals surface area contributed by atoms with E-state index in [0.717, 1.165) is 16.5 Å². The zero-order valence-corrected chi connectivity index (χ0v) is 13.5. The third kappa shape index (κ3) is 2.39. The zero-order chi connectivity index (χ0) is 15.2. The van der Waals surface area contributed by atoms with E-state index in [1.807, 2.05) is 26.0 Å². The van der Waals surface area contributed by atoms with Gasteiger partial charge in [-0.1, -0.05) is 17.7 Å². The highest BCUT2D eigenvalue weighted by Crippen LogP contribution is 2.38. The Balaban J connectivity index is 1.95. The average Bonchev–Trinajstić information content (AvgIpc) is 2.92. The van der Waals surface area contributed by atoms with Crippen molar-refractivity contribution in [2.75, 3.05) is 12.3 Å². The first kappa shape index (κ1) is 14.6. The van der Waals surface area contributed by atoms with Gasteiger partial charge in [0.2, 0.25) is 0 Å². The summed E-state index contributed by atoms with van der Waals surface area (Å²) in [5.74, 6) is -0.162. The predicted molar refractivity (Wildman–Crippen MR) is 87.1 cm³/mol. The van der Waals surface area contributed by atoms with Crippen LogP contribution in [0.1, 0.15) is 29.9 Å². The SMILES string of the molecule is CC1OCCC1(C)NC(=O)c1sc2cccc(Cl)c2c1N. The van der Waals surface area contributed by atoms with Crippen molar-refractivity contribution in [2.24, 2.45) is 0 Å². The fourth-order valence-electron chi connectivity index (χ4n) is 2.61. The van der Waals surface area contributed by atoms with Crippen molar-refractivity contribution in [2.45, 2.75) is 31.9 Å². The first-order chi connectivity index (χ1) is 9.92. The first-order valence-corrected chi connectivity index (χ1v) is 8.02. The number of anilines is 1. The van der Waals surface area contributed by atoms with Crippen LogP contribution in [0.4, 0.5) is 5.69 Å². The summed E-state index contributed by atoms with van der Waals surface area (Å²) >= 11 is 7.54. The van der Waals surface area contributed by atoms with E-state index in [2.05, 4.69) is 5.32 Å². The lowest BCUT2D eigenvalue weighted by molar-refractivity contribution is 0.0731. The highest BCUT2D eigenvalue weighted by Gasteiger charge is 2.39. The fraction of sp³-hybridized carbons (Fsp3) is 0.400. The highest BCUT2D eigenvalue weighted by molar-refractivity contribution is 7.21. The summed E-state index contributed by atoms with van der Waals surface area (Å²) in [5, 5.41) is 4.40. The van der Waals surface area contributed by atoms with Crippen LogP contribution >= 0.6 is 22.9 Å². The molecule has 2 unspecified atom stereocenters. The Hall–Kier alpha value is -1.30. The van der Waals surface area contributed by atoms with Crippen molar-refractivity contribution in [3.8, 4) is 0 Å². The Morgan fingerprint density at radius 3 is 2.95 bits per heavy atom. The number of rotatable bonds is 2. The van der Waals surface area contributed by atoms with E-state index in [1.165, 1.54) is 11.3 Å². The first-order valence-electron chi connectivity index (χ1n) is 6.83. The van der Waals surface area contributed by atoms with Gasteiger partial charge in [-0.15, -0.1) is 11.3 Å². The molecule has 3 rings (SSSR count). The zero-order valence-electron chi connectivity index (χ0n) is 11.9. The molecule has 0 radical (unpaired) electrons. The maximum atomic E-state index is 12.6. The lowest BCUT2D eigenvalue weighted by atomic mass is 9.94. The summed E-state index contributed by atoms with van der Waals surface area (Å²) in [6.07, 6.45) is 0.784. The van der Waals surface area contributed by atoms with E-state index in [0.29, 0.717) is 22.2 Å². The highest BCUT2D eigenvalue weighted by atomic mass is 35.5. The number of fused-ring (bicyclic) bond motifs is 1. The Bertz CT molecular complexity index is 715. The summed E-state index contributed by atoms with van der Waals surface area (Å²) in [7, 11) is 0. The number of carbonyl (C=O) groups excluding carboxylic acids is 1. The van der Waals surface area contributed by atoms with Gasteiger partial charge in [0.15, 0.2) is 0 Å². The molecule has 21 heavy (non-hydrogen) atoms. The minimum Gasteiger partial charge on any atom is -0.397 e. The van der Waals surface area contributed by atoms with Crippen LogP contribution in [0.15, 0.2) is 18.2 Å². The number of nitrogens with one attached hydrogen (secondary N) is 1. The normalized spacial score (nSPS) is 25.4. The van der Waals surface area contributed by atoms with Gasteiger partial charge in [0.25, 0.3) is 5.91 Å². The van der Waals surface area contributed by atoms with Gasteiger partial charge in [-0.3, -0.25) is 4.79 Å². The van der Waals surface area contributed by atoms with Crippen LogP contribution < -0.4 is 11.1 Å². The molecule has 1 aliphatic rings. The molecule has 2 aromatic rings. The summed E-state index contributed by atoms with van der Waals surface area (Å²) in [5.41, 5.74) is 6.22. The predicted octanol–water partition coefficient (Wildman–Crippen LogP) is 3.43.